The molecular weight excluding hydrogens is 398 g/mol. The molecule has 0 fully saturated rings. The maximum Gasteiger partial charge on any atom is 0.0540 e. The average molecular weight is 424 g/mol. The summed E-state index contributed by atoms with van der Waals surface area (Å²) in [6.45, 7) is 2.13. The van der Waals surface area contributed by atoms with Crippen LogP contribution in [0.3, 0.4) is 0 Å². The van der Waals surface area contributed by atoms with E-state index in [1.807, 2.05) is 0 Å². The Morgan fingerprint density at radius 3 is 1.73 bits per heavy atom. The van der Waals surface area contributed by atoms with Gasteiger partial charge in [0.15, 0.2) is 0 Å². The van der Waals surface area contributed by atoms with Gasteiger partial charge in [-0.25, -0.2) is 0 Å². The molecule has 1 heteroatoms. The third kappa shape index (κ3) is 3.43. The zero-order valence-corrected chi connectivity index (χ0v) is 18.7. The summed E-state index contributed by atoms with van der Waals surface area (Å²) in [5.74, 6) is 0. The molecule has 1 heterocycles. The van der Waals surface area contributed by atoms with Crippen LogP contribution in [0.1, 0.15) is 17.5 Å². The van der Waals surface area contributed by atoms with Crippen molar-refractivity contribution in [1.29, 1.82) is 0 Å². The van der Waals surface area contributed by atoms with E-state index in [1.54, 1.807) is 0 Å². The summed E-state index contributed by atoms with van der Waals surface area (Å²) in [6.07, 6.45) is 10.0. The van der Waals surface area contributed by atoms with Gasteiger partial charge in [-0.1, -0.05) is 103 Å². The van der Waals surface area contributed by atoms with E-state index >= 15 is 0 Å². The lowest BCUT2D eigenvalue weighted by Crippen LogP contribution is -2.15. The topological polar surface area (TPSA) is 3.24 Å². The fraction of sp³-hybridized carbons (Fsp3) is 0.0625. The summed E-state index contributed by atoms with van der Waals surface area (Å²) < 4.78 is 0. The van der Waals surface area contributed by atoms with E-state index in [0.717, 1.165) is 6.42 Å². The van der Waals surface area contributed by atoms with E-state index in [9.17, 15) is 0 Å². The Kier molecular flexibility index (Phi) is 4.81. The number of anilines is 2. The van der Waals surface area contributed by atoms with Gasteiger partial charge >= 0.3 is 0 Å². The van der Waals surface area contributed by atoms with Gasteiger partial charge in [0.2, 0.25) is 0 Å². The number of fused-ring (bicyclic) bond motifs is 5. The number of aryl methyl sites for hydroxylation is 1. The van der Waals surface area contributed by atoms with E-state index in [2.05, 4.69) is 133 Å². The number of hydrogen-bond acceptors (Lipinski definition) is 1. The Hall–Kier alpha value is -4.10. The number of allylic oxidation sites excluding steroid dienone is 5. The standard InChI is InChI=1S/C32H25N/c1-23-17-19-25(20-18-23)24-9-8-10-26(22-21-24)33-31-15-6-4-13-29(31)27-11-2-3-12-28(27)30-14-5-7-16-32(30)33/h2-8,10-22H,9H2,1H3. The van der Waals surface area contributed by atoms with Crippen molar-refractivity contribution in [2.45, 2.75) is 13.3 Å². The van der Waals surface area contributed by atoms with Gasteiger partial charge in [-0.3, -0.25) is 0 Å². The quantitative estimate of drug-likeness (QED) is 0.312. The molecule has 4 aromatic carbocycles. The molecule has 0 aromatic heterocycles. The molecule has 0 bridgehead atoms. The molecule has 0 saturated carbocycles. The van der Waals surface area contributed by atoms with Crippen LogP contribution >= 0.6 is 0 Å². The van der Waals surface area contributed by atoms with Crippen LogP contribution in [0.5, 0.6) is 0 Å². The fourth-order valence-electron chi connectivity index (χ4n) is 4.90. The Bertz CT molecular complexity index is 1370. The first-order valence-corrected chi connectivity index (χ1v) is 11.5. The zero-order valence-electron chi connectivity index (χ0n) is 18.7. The van der Waals surface area contributed by atoms with Crippen molar-refractivity contribution in [1.82, 2.24) is 0 Å². The zero-order chi connectivity index (χ0) is 22.2. The van der Waals surface area contributed by atoms with Gasteiger partial charge in [0.25, 0.3) is 0 Å². The fourth-order valence-corrected chi connectivity index (χ4v) is 4.90. The molecule has 1 nitrogen and oxygen atoms in total. The van der Waals surface area contributed by atoms with Crippen LogP contribution in [0.4, 0.5) is 11.4 Å². The van der Waals surface area contributed by atoms with Crippen LogP contribution in [0.2, 0.25) is 0 Å². The minimum Gasteiger partial charge on any atom is -0.309 e. The van der Waals surface area contributed by atoms with E-state index in [4.69, 9.17) is 0 Å². The molecule has 2 aliphatic rings. The number of rotatable bonds is 2. The molecule has 0 atom stereocenters. The highest BCUT2D eigenvalue weighted by Gasteiger charge is 2.25. The first-order chi connectivity index (χ1) is 16.3. The SMILES string of the molecule is Cc1ccc(C2=CC=C(N3c4ccccc4-c4ccccc4-c4ccccc43)C=CC2)cc1. The van der Waals surface area contributed by atoms with Gasteiger partial charge in [-0.2, -0.15) is 0 Å². The molecule has 4 aromatic rings. The molecule has 1 aliphatic heterocycles. The largest absolute Gasteiger partial charge is 0.309 e. The van der Waals surface area contributed by atoms with Gasteiger partial charge in [-0.15, -0.1) is 0 Å². The smallest absolute Gasteiger partial charge is 0.0540 e. The van der Waals surface area contributed by atoms with Crippen molar-refractivity contribution >= 4 is 16.9 Å². The molecule has 1 aliphatic carbocycles. The Morgan fingerprint density at radius 2 is 1.12 bits per heavy atom. The van der Waals surface area contributed by atoms with Crippen LogP contribution in [-0.4, -0.2) is 0 Å². The lowest BCUT2D eigenvalue weighted by Gasteiger charge is -2.27. The Morgan fingerprint density at radius 1 is 0.576 bits per heavy atom. The van der Waals surface area contributed by atoms with E-state index in [-0.39, 0.29) is 0 Å². The van der Waals surface area contributed by atoms with Crippen molar-refractivity contribution in [2.75, 3.05) is 4.90 Å². The normalized spacial score (nSPS) is 14.3. The van der Waals surface area contributed by atoms with Crippen molar-refractivity contribution in [3.8, 4) is 22.3 Å². The molecular formula is C32H25N. The van der Waals surface area contributed by atoms with Crippen molar-refractivity contribution < 1.29 is 0 Å². The van der Waals surface area contributed by atoms with Gasteiger partial charge in [-0.05, 0) is 59.9 Å². The second-order valence-corrected chi connectivity index (χ2v) is 8.67. The van der Waals surface area contributed by atoms with Gasteiger partial charge < -0.3 is 4.90 Å². The average Bonchev–Trinajstić information content (AvgIpc) is 3.17. The molecule has 0 saturated heterocycles. The summed E-state index contributed by atoms with van der Waals surface area (Å²) in [5, 5.41) is 0. The molecule has 33 heavy (non-hydrogen) atoms. The number of nitrogens with zero attached hydrogens (tertiary/aromatic N) is 1. The molecule has 0 unspecified atom stereocenters. The highest BCUT2D eigenvalue weighted by atomic mass is 15.2. The maximum atomic E-state index is 2.41. The predicted molar refractivity (Wildman–Crippen MR) is 140 cm³/mol. The third-order valence-corrected chi connectivity index (χ3v) is 6.56. The minimum atomic E-state index is 0.917. The van der Waals surface area contributed by atoms with Crippen LogP contribution in [0.15, 0.2) is 127 Å². The molecule has 0 N–H and O–H groups in total. The third-order valence-electron chi connectivity index (χ3n) is 6.56. The van der Waals surface area contributed by atoms with Crippen molar-refractivity contribution in [3.05, 3.63) is 138 Å². The van der Waals surface area contributed by atoms with Gasteiger partial charge in [0.05, 0.1) is 11.4 Å². The predicted octanol–water partition coefficient (Wildman–Crippen LogP) is 8.71. The second kappa shape index (κ2) is 8.11. The van der Waals surface area contributed by atoms with Crippen LogP contribution < -0.4 is 4.90 Å². The Balaban J connectivity index is 1.56. The summed E-state index contributed by atoms with van der Waals surface area (Å²) in [7, 11) is 0. The minimum absolute atomic E-state index is 0.917. The van der Waals surface area contributed by atoms with E-state index < -0.39 is 0 Å². The number of benzene rings is 4. The highest BCUT2D eigenvalue weighted by molar-refractivity contribution is 6.00. The Labute approximate surface area is 195 Å². The molecule has 6 rings (SSSR count). The van der Waals surface area contributed by atoms with E-state index in [1.165, 1.54) is 56.0 Å². The van der Waals surface area contributed by atoms with E-state index in [0.29, 0.717) is 0 Å². The van der Waals surface area contributed by atoms with Crippen molar-refractivity contribution in [2.24, 2.45) is 0 Å². The van der Waals surface area contributed by atoms with Crippen molar-refractivity contribution in [3.63, 3.8) is 0 Å². The molecule has 0 spiro atoms. The maximum absolute atomic E-state index is 2.41. The lowest BCUT2D eigenvalue weighted by molar-refractivity contribution is 1.22. The molecule has 0 radical (unpaired) electrons. The summed E-state index contributed by atoms with van der Waals surface area (Å²) in [4.78, 5) is 2.41. The van der Waals surface area contributed by atoms with Crippen LogP contribution in [0, 0.1) is 6.92 Å². The van der Waals surface area contributed by atoms with Gasteiger partial charge in [0.1, 0.15) is 0 Å². The molecule has 158 valence electrons. The summed E-state index contributed by atoms with van der Waals surface area (Å²) >= 11 is 0. The monoisotopic (exact) mass is 423 g/mol. The summed E-state index contributed by atoms with van der Waals surface area (Å²) in [6, 6.07) is 35.1. The first-order valence-electron chi connectivity index (χ1n) is 11.5. The number of para-hydroxylation sites is 2. The van der Waals surface area contributed by atoms with Crippen LogP contribution in [0.25, 0.3) is 27.8 Å². The molecule has 0 amide bonds. The van der Waals surface area contributed by atoms with Gasteiger partial charge in [0, 0.05) is 16.8 Å². The highest BCUT2D eigenvalue weighted by Crippen LogP contribution is 2.49. The number of hydrogen-bond donors (Lipinski definition) is 0. The lowest BCUT2D eigenvalue weighted by atomic mass is 9.95. The second-order valence-electron chi connectivity index (χ2n) is 8.67. The first kappa shape index (κ1) is 19.6. The summed E-state index contributed by atoms with van der Waals surface area (Å²) in [5.41, 5.74) is 12.6. The van der Waals surface area contributed by atoms with Crippen LogP contribution in [-0.2, 0) is 0 Å².